The van der Waals surface area contributed by atoms with Crippen molar-refractivity contribution >= 4 is 11.8 Å². The van der Waals surface area contributed by atoms with Crippen LogP contribution in [0.5, 0.6) is 0 Å². The molecule has 4 aliphatic rings. The molecule has 2 N–H and O–H groups in total. The highest BCUT2D eigenvalue weighted by molar-refractivity contribution is 5.89. The van der Waals surface area contributed by atoms with Crippen LogP contribution >= 0.6 is 0 Å². The summed E-state index contributed by atoms with van der Waals surface area (Å²) in [6, 6.07) is 1.07. The van der Waals surface area contributed by atoms with Crippen LogP contribution in [0.2, 0.25) is 0 Å². The number of hydrogen-bond acceptors (Lipinski definition) is 3. The number of carbonyl (C=O) groups excluding carboxylic acids is 2. The molecule has 20 heavy (non-hydrogen) atoms. The van der Waals surface area contributed by atoms with Crippen LogP contribution in [0.1, 0.15) is 44.9 Å². The lowest BCUT2D eigenvalue weighted by molar-refractivity contribution is -0.142. The number of amides is 2. The minimum atomic E-state index is -0.206. The van der Waals surface area contributed by atoms with E-state index in [9.17, 15) is 9.59 Å². The molecule has 0 aromatic rings. The zero-order chi connectivity index (χ0) is 13.7. The molecule has 2 amide bonds. The number of nitrogens with zero attached hydrogens (tertiary/aromatic N) is 1. The minimum Gasteiger partial charge on any atom is -0.352 e. The average molecular weight is 277 g/mol. The van der Waals surface area contributed by atoms with E-state index in [0.717, 1.165) is 45.1 Å². The lowest BCUT2D eigenvalue weighted by atomic mass is 9.88. The van der Waals surface area contributed by atoms with Gasteiger partial charge in [-0.05, 0) is 44.9 Å². The van der Waals surface area contributed by atoms with Crippen molar-refractivity contribution in [3.05, 3.63) is 0 Å². The van der Waals surface area contributed by atoms with E-state index in [1.807, 2.05) is 4.90 Å². The molecule has 0 aromatic carbocycles. The standard InChI is InChI=1S/C15H23N3O2/c19-14(17-9-3-4-9)13-2-1-7-18(13)15(20)11-8-10-5-6-12(11)16-10/h9-13,16H,1-8H2,(H,17,19). The molecule has 3 aliphatic heterocycles. The Bertz CT molecular complexity index is 435. The Hall–Kier alpha value is -1.10. The number of rotatable bonds is 3. The van der Waals surface area contributed by atoms with Gasteiger partial charge in [-0.2, -0.15) is 0 Å². The Morgan fingerprint density at radius 3 is 2.60 bits per heavy atom. The fraction of sp³-hybridized carbons (Fsp3) is 0.867. The molecular formula is C15H23N3O2. The predicted molar refractivity (Wildman–Crippen MR) is 74.0 cm³/mol. The van der Waals surface area contributed by atoms with Crippen molar-refractivity contribution in [1.82, 2.24) is 15.5 Å². The third-order valence-corrected chi connectivity index (χ3v) is 5.38. The van der Waals surface area contributed by atoms with Crippen molar-refractivity contribution in [2.24, 2.45) is 5.92 Å². The molecule has 3 saturated heterocycles. The highest BCUT2D eigenvalue weighted by Crippen LogP contribution is 2.35. The quantitative estimate of drug-likeness (QED) is 0.785. The molecular weight excluding hydrogens is 254 g/mol. The van der Waals surface area contributed by atoms with Crippen LogP contribution in [0, 0.1) is 5.92 Å². The van der Waals surface area contributed by atoms with Gasteiger partial charge in [0.2, 0.25) is 11.8 Å². The summed E-state index contributed by atoms with van der Waals surface area (Å²) in [5.74, 6) is 0.413. The third-order valence-electron chi connectivity index (χ3n) is 5.38. The van der Waals surface area contributed by atoms with Gasteiger partial charge in [0.05, 0.1) is 5.92 Å². The maximum Gasteiger partial charge on any atom is 0.243 e. The first-order valence-electron chi connectivity index (χ1n) is 8.09. The number of likely N-dealkylation sites (tertiary alicyclic amines) is 1. The van der Waals surface area contributed by atoms with E-state index in [1.165, 1.54) is 6.42 Å². The molecule has 5 nitrogen and oxygen atoms in total. The minimum absolute atomic E-state index is 0.0782. The second-order valence-corrected chi connectivity index (χ2v) is 6.86. The zero-order valence-electron chi connectivity index (χ0n) is 11.8. The van der Waals surface area contributed by atoms with E-state index in [4.69, 9.17) is 0 Å². The number of nitrogens with one attached hydrogen (secondary N) is 2. The van der Waals surface area contributed by atoms with E-state index in [1.54, 1.807) is 0 Å². The molecule has 1 aliphatic carbocycles. The molecule has 110 valence electrons. The highest BCUT2D eigenvalue weighted by atomic mass is 16.2. The van der Waals surface area contributed by atoms with E-state index >= 15 is 0 Å². The second kappa shape index (κ2) is 4.72. The molecule has 5 heteroatoms. The first-order chi connectivity index (χ1) is 9.72. The Labute approximate surface area is 119 Å². The summed E-state index contributed by atoms with van der Waals surface area (Å²) >= 11 is 0. The summed E-state index contributed by atoms with van der Waals surface area (Å²) in [6.07, 6.45) is 7.29. The zero-order valence-corrected chi connectivity index (χ0v) is 11.8. The SMILES string of the molecule is O=C(NC1CC1)C1CCCN1C(=O)C1CC2CCC1N2. The maximum absolute atomic E-state index is 12.8. The predicted octanol–water partition coefficient (Wildman–Crippen LogP) is 0.397. The van der Waals surface area contributed by atoms with Gasteiger partial charge >= 0.3 is 0 Å². The highest BCUT2D eigenvalue weighted by Gasteiger charge is 2.47. The lowest BCUT2D eigenvalue weighted by Crippen LogP contribution is -2.49. The van der Waals surface area contributed by atoms with Gasteiger partial charge < -0.3 is 15.5 Å². The molecule has 0 aromatic heterocycles. The van der Waals surface area contributed by atoms with Crippen LogP contribution in [0.4, 0.5) is 0 Å². The molecule has 3 heterocycles. The van der Waals surface area contributed by atoms with Crippen LogP contribution in [0.15, 0.2) is 0 Å². The van der Waals surface area contributed by atoms with Gasteiger partial charge in [-0.15, -0.1) is 0 Å². The normalized spacial score (nSPS) is 39.3. The largest absolute Gasteiger partial charge is 0.352 e. The topological polar surface area (TPSA) is 61.4 Å². The summed E-state index contributed by atoms with van der Waals surface area (Å²) in [5.41, 5.74) is 0. The van der Waals surface area contributed by atoms with Crippen LogP contribution in [-0.2, 0) is 9.59 Å². The van der Waals surface area contributed by atoms with Crippen molar-refractivity contribution in [3.63, 3.8) is 0 Å². The molecule has 4 fully saturated rings. The van der Waals surface area contributed by atoms with E-state index in [-0.39, 0.29) is 23.8 Å². The van der Waals surface area contributed by atoms with Crippen LogP contribution < -0.4 is 10.6 Å². The Morgan fingerprint density at radius 1 is 1.10 bits per heavy atom. The molecule has 4 atom stereocenters. The van der Waals surface area contributed by atoms with Crippen molar-refractivity contribution < 1.29 is 9.59 Å². The van der Waals surface area contributed by atoms with E-state index in [2.05, 4.69) is 10.6 Å². The lowest BCUT2D eigenvalue weighted by Gasteiger charge is -2.29. The summed E-state index contributed by atoms with van der Waals surface area (Å²) in [5, 5.41) is 6.58. The molecule has 0 radical (unpaired) electrons. The molecule has 2 bridgehead atoms. The number of hydrogen-bond donors (Lipinski definition) is 2. The molecule has 4 unspecified atom stereocenters. The van der Waals surface area contributed by atoms with Crippen molar-refractivity contribution in [1.29, 1.82) is 0 Å². The van der Waals surface area contributed by atoms with Gasteiger partial charge in [0.25, 0.3) is 0 Å². The van der Waals surface area contributed by atoms with Gasteiger partial charge in [-0.1, -0.05) is 0 Å². The fourth-order valence-corrected chi connectivity index (χ4v) is 4.14. The number of fused-ring (bicyclic) bond motifs is 2. The first-order valence-corrected chi connectivity index (χ1v) is 8.09. The molecule has 0 spiro atoms. The second-order valence-electron chi connectivity index (χ2n) is 6.86. The summed E-state index contributed by atoms with van der Waals surface area (Å²) in [6.45, 7) is 0.759. The first kappa shape index (κ1) is 12.6. The fourth-order valence-electron chi connectivity index (χ4n) is 4.14. The monoisotopic (exact) mass is 277 g/mol. The summed E-state index contributed by atoms with van der Waals surface area (Å²) in [7, 11) is 0. The van der Waals surface area contributed by atoms with Gasteiger partial charge in [-0.3, -0.25) is 9.59 Å². The van der Waals surface area contributed by atoms with Crippen LogP contribution in [0.25, 0.3) is 0 Å². The third kappa shape index (κ3) is 2.12. The van der Waals surface area contributed by atoms with E-state index < -0.39 is 0 Å². The smallest absolute Gasteiger partial charge is 0.243 e. The van der Waals surface area contributed by atoms with Crippen molar-refractivity contribution in [2.75, 3.05) is 6.54 Å². The Morgan fingerprint density at radius 2 is 1.95 bits per heavy atom. The van der Waals surface area contributed by atoms with Gasteiger partial charge in [0.1, 0.15) is 6.04 Å². The van der Waals surface area contributed by atoms with Crippen LogP contribution in [-0.4, -0.2) is 47.4 Å². The maximum atomic E-state index is 12.8. The number of carbonyl (C=O) groups is 2. The average Bonchev–Trinajstić information content (AvgIpc) is 2.91. The van der Waals surface area contributed by atoms with E-state index in [0.29, 0.717) is 18.1 Å². The van der Waals surface area contributed by atoms with Gasteiger partial charge in [0.15, 0.2) is 0 Å². The van der Waals surface area contributed by atoms with Crippen LogP contribution in [0.3, 0.4) is 0 Å². The molecule has 1 saturated carbocycles. The van der Waals surface area contributed by atoms with Crippen molar-refractivity contribution in [2.45, 2.75) is 69.1 Å². The summed E-state index contributed by atoms with van der Waals surface area (Å²) < 4.78 is 0. The summed E-state index contributed by atoms with van der Waals surface area (Å²) in [4.78, 5) is 26.9. The van der Waals surface area contributed by atoms with Gasteiger partial charge in [-0.25, -0.2) is 0 Å². The Balaban J connectivity index is 1.43. The van der Waals surface area contributed by atoms with Crippen molar-refractivity contribution in [3.8, 4) is 0 Å². The molecule has 4 rings (SSSR count). The Kier molecular flexibility index (Phi) is 2.98. The van der Waals surface area contributed by atoms with Gasteiger partial charge in [0, 0.05) is 24.7 Å².